The summed E-state index contributed by atoms with van der Waals surface area (Å²) in [6, 6.07) is 5.20. The molecule has 0 bridgehead atoms. The molecule has 3 N–H and O–H groups in total. The Labute approximate surface area is 93.6 Å². The molecular weight excluding hydrogens is 212 g/mol. The molecule has 1 aliphatic carbocycles. The highest BCUT2D eigenvalue weighted by atomic mass is 35.5. The number of anilines is 2. The summed E-state index contributed by atoms with van der Waals surface area (Å²) in [4.78, 5) is 11.7. The molecule has 2 rings (SSSR count). The minimum absolute atomic E-state index is 0.0288. The molecule has 1 fully saturated rings. The van der Waals surface area contributed by atoms with Crippen LogP contribution in [0.5, 0.6) is 0 Å². The first kappa shape index (κ1) is 10.3. The summed E-state index contributed by atoms with van der Waals surface area (Å²) in [7, 11) is 0. The third-order valence-electron chi connectivity index (χ3n) is 2.77. The Morgan fingerprint density at radius 2 is 2.20 bits per heavy atom. The maximum Gasteiger partial charge on any atom is 0.227 e. The van der Waals surface area contributed by atoms with Crippen LogP contribution in [0.15, 0.2) is 18.2 Å². The van der Waals surface area contributed by atoms with Crippen molar-refractivity contribution in [1.82, 2.24) is 0 Å². The topological polar surface area (TPSA) is 55.1 Å². The number of para-hydroxylation sites is 1. The fraction of sp³-hybridized carbons (Fsp3) is 0.364. The van der Waals surface area contributed by atoms with Crippen LogP contribution in [0.3, 0.4) is 0 Å². The van der Waals surface area contributed by atoms with E-state index in [1.165, 1.54) is 0 Å². The number of carbonyl (C=O) groups is 1. The van der Waals surface area contributed by atoms with Gasteiger partial charge in [0.1, 0.15) is 0 Å². The molecule has 0 aromatic heterocycles. The number of amides is 1. The molecule has 1 aliphatic rings. The van der Waals surface area contributed by atoms with E-state index in [1.54, 1.807) is 18.2 Å². The predicted molar refractivity (Wildman–Crippen MR) is 61.8 cm³/mol. The lowest BCUT2D eigenvalue weighted by Crippen LogP contribution is -2.28. The third-order valence-corrected chi connectivity index (χ3v) is 3.08. The fourth-order valence-corrected chi connectivity index (χ4v) is 1.80. The predicted octanol–water partition coefficient (Wildman–Crippen LogP) is 2.66. The van der Waals surface area contributed by atoms with Crippen LogP contribution >= 0.6 is 11.6 Å². The van der Waals surface area contributed by atoms with Gasteiger partial charge in [0.2, 0.25) is 5.91 Å². The van der Waals surface area contributed by atoms with Crippen molar-refractivity contribution in [3.05, 3.63) is 23.2 Å². The van der Waals surface area contributed by atoms with E-state index >= 15 is 0 Å². The van der Waals surface area contributed by atoms with Crippen molar-refractivity contribution < 1.29 is 4.79 Å². The first-order valence-electron chi connectivity index (χ1n) is 5.03. The van der Waals surface area contributed by atoms with Crippen molar-refractivity contribution in [1.29, 1.82) is 0 Å². The summed E-state index contributed by atoms with van der Waals surface area (Å²) in [6.45, 7) is 0. The lowest BCUT2D eigenvalue weighted by molar-refractivity contribution is -0.122. The lowest BCUT2D eigenvalue weighted by Gasteiger charge is -2.24. The third kappa shape index (κ3) is 2.07. The van der Waals surface area contributed by atoms with Crippen LogP contribution in [0.25, 0.3) is 0 Å². The molecule has 0 radical (unpaired) electrons. The maximum absolute atomic E-state index is 11.7. The zero-order valence-corrected chi connectivity index (χ0v) is 9.05. The van der Waals surface area contributed by atoms with Crippen LogP contribution in [0, 0.1) is 5.92 Å². The number of rotatable bonds is 2. The molecule has 0 heterocycles. The Bertz CT molecular complexity index is 368. The smallest absolute Gasteiger partial charge is 0.227 e. The van der Waals surface area contributed by atoms with Crippen LogP contribution in [0.1, 0.15) is 19.3 Å². The molecule has 1 aromatic rings. The number of benzene rings is 1. The second kappa shape index (κ2) is 4.11. The van der Waals surface area contributed by atoms with Gasteiger partial charge >= 0.3 is 0 Å². The quantitative estimate of drug-likeness (QED) is 0.759. The van der Waals surface area contributed by atoms with Crippen LogP contribution < -0.4 is 11.1 Å². The van der Waals surface area contributed by atoms with Gasteiger partial charge in [-0.2, -0.15) is 0 Å². The Balaban J connectivity index is 2.12. The van der Waals surface area contributed by atoms with E-state index in [0.29, 0.717) is 16.4 Å². The van der Waals surface area contributed by atoms with E-state index in [9.17, 15) is 4.79 Å². The number of hydrogen-bond donors (Lipinski definition) is 2. The highest BCUT2D eigenvalue weighted by Gasteiger charge is 2.25. The largest absolute Gasteiger partial charge is 0.397 e. The van der Waals surface area contributed by atoms with Gasteiger partial charge in [-0.25, -0.2) is 0 Å². The summed E-state index contributed by atoms with van der Waals surface area (Å²) in [6.07, 6.45) is 3.07. The van der Waals surface area contributed by atoms with E-state index in [-0.39, 0.29) is 11.8 Å². The summed E-state index contributed by atoms with van der Waals surface area (Å²) in [5.41, 5.74) is 6.78. The van der Waals surface area contributed by atoms with Gasteiger partial charge in [0, 0.05) is 5.92 Å². The van der Waals surface area contributed by atoms with Gasteiger partial charge in [-0.15, -0.1) is 0 Å². The van der Waals surface area contributed by atoms with Crippen molar-refractivity contribution in [2.75, 3.05) is 11.1 Å². The number of carbonyl (C=O) groups excluding carboxylic acids is 1. The number of hydrogen-bond acceptors (Lipinski definition) is 2. The Morgan fingerprint density at radius 1 is 1.47 bits per heavy atom. The van der Waals surface area contributed by atoms with Crippen molar-refractivity contribution in [2.45, 2.75) is 19.3 Å². The van der Waals surface area contributed by atoms with Crippen molar-refractivity contribution in [3.8, 4) is 0 Å². The summed E-state index contributed by atoms with van der Waals surface area (Å²) in [5.74, 6) is 0.168. The fourth-order valence-electron chi connectivity index (χ4n) is 1.57. The minimum atomic E-state index is 0.0288. The number of halogens is 1. The van der Waals surface area contributed by atoms with Gasteiger partial charge < -0.3 is 11.1 Å². The van der Waals surface area contributed by atoms with Crippen molar-refractivity contribution in [3.63, 3.8) is 0 Å². The zero-order valence-electron chi connectivity index (χ0n) is 8.29. The molecule has 0 atom stereocenters. The molecule has 0 spiro atoms. The van der Waals surface area contributed by atoms with Crippen LogP contribution in [-0.2, 0) is 4.79 Å². The van der Waals surface area contributed by atoms with E-state index < -0.39 is 0 Å². The molecule has 1 saturated carbocycles. The Morgan fingerprint density at radius 3 is 2.73 bits per heavy atom. The molecule has 1 amide bonds. The Kier molecular flexibility index (Phi) is 2.82. The normalized spacial score (nSPS) is 15.8. The summed E-state index contributed by atoms with van der Waals surface area (Å²) in [5, 5.41) is 3.27. The van der Waals surface area contributed by atoms with Crippen LogP contribution in [-0.4, -0.2) is 5.91 Å². The summed E-state index contributed by atoms with van der Waals surface area (Å²) >= 11 is 5.94. The van der Waals surface area contributed by atoms with Crippen molar-refractivity contribution >= 4 is 28.9 Å². The average Bonchev–Trinajstić information content (AvgIpc) is 2.08. The first-order chi connectivity index (χ1) is 7.18. The number of nitrogens with one attached hydrogen (secondary N) is 1. The highest BCUT2D eigenvalue weighted by Crippen LogP contribution is 2.31. The first-order valence-corrected chi connectivity index (χ1v) is 5.41. The lowest BCUT2D eigenvalue weighted by atomic mass is 9.85. The number of nitrogens with two attached hydrogens (primary N) is 1. The van der Waals surface area contributed by atoms with Gasteiger partial charge in [0.05, 0.1) is 16.4 Å². The van der Waals surface area contributed by atoms with Gasteiger partial charge in [0.15, 0.2) is 0 Å². The SMILES string of the molecule is Nc1cccc(Cl)c1NC(=O)C1CCC1. The highest BCUT2D eigenvalue weighted by molar-refractivity contribution is 6.34. The van der Waals surface area contributed by atoms with Gasteiger partial charge in [-0.1, -0.05) is 24.1 Å². The van der Waals surface area contributed by atoms with E-state index in [2.05, 4.69) is 5.32 Å². The standard InChI is InChI=1S/C11H13ClN2O/c12-8-5-2-6-9(13)10(8)14-11(15)7-3-1-4-7/h2,5-7H,1,3-4,13H2,(H,14,15). The average molecular weight is 225 g/mol. The molecule has 15 heavy (non-hydrogen) atoms. The molecule has 1 aromatic carbocycles. The second-order valence-corrected chi connectivity index (χ2v) is 4.23. The monoisotopic (exact) mass is 224 g/mol. The minimum Gasteiger partial charge on any atom is -0.397 e. The van der Waals surface area contributed by atoms with E-state index in [0.717, 1.165) is 19.3 Å². The molecule has 3 nitrogen and oxygen atoms in total. The molecule has 4 heteroatoms. The second-order valence-electron chi connectivity index (χ2n) is 3.82. The van der Waals surface area contributed by atoms with Crippen LogP contribution in [0.2, 0.25) is 5.02 Å². The van der Waals surface area contributed by atoms with E-state index in [1.807, 2.05) is 0 Å². The Hall–Kier alpha value is -1.22. The van der Waals surface area contributed by atoms with E-state index in [4.69, 9.17) is 17.3 Å². The van der Waals surface area contributed by atoms with Gasteiger partial charge in [0.25, 0.3) is 0 Å². The van der Waals surface area contributed by atoms with Gasteiger partial charge in [-0.05, 0) is 25.0 Å². The number of nitrogen functional groups attached to an aromatic ring is 1. The van der Waals surface area contributed by atoms with Gasteiger partial charge in [-0.3, -0.25) is 4.79 Å². The van der Waals surface area contributed by atoms with Crippen LogP contribution in [0.4, 0.5) is 11.4 Å². The van der Waals surface area contributed by atoms with Crippen molar-refractivity contribution in [2.24, 2.45) is 5.92 Å². The molecule has 80 valence electrons. The maximum atomic E-state index is 11.7. The summed E-state index contributed by atoms with van der Waals surface area (Å²) < 4.78 is 0. The zero-order chi connectivity index (χ0) is 10.8. The molecule has 0 saturated heterocycles. The molecule has 0 aliphatic heterocycles. The molecule has 0 unspecified atom stereocenters. The molecular formula is C11H13ClN2O.